The third kappa shape index (κ3) is 4.92. The summed E-state index contributed by atoms with van der Waals surface area (Å²) < 4.78 is 0. The minimum absolute atomic E-state index is 0.162. The maximum absolute atomic E-state index is 12.8. The molecule has 158 valence electrons. The van der Waals surface area contributed by atoms with Crippen molar-refractivity contribution in [3.63, 3.8) is 0 Å². The largest absolute Gasteiger partial charge is 0.508 e. The number of rotatable bonds is 4. The number of phenols is 1. The molecule has 4 rings (SSSR count). The Morgan fingerprint density at radius 1 is 0.862 bits per heavy atom. The number of benzene rings is 1. The predicted octanol–water partition coefficient (Wildman–Crippen LogP) is 2.26. The van der Waals surface area contributed by atoms with Crippen molar-refractivity contribution in [2.24, 2.45) is 5.92 Å². The van der Waals surface area contributed by atoms with Gasteiger partial charge in [-0.25, -0.2) is 0 Å². The summed E-state index contributed by atoms with van der Waals surface area (Å²) in [7, 11) is 0. The van der Waals surface area contributed by atoms with Crippen LogP contribution in [0.4, 0.5) is 0 Å². The van der Waals surface area contributed by atoms with Crippen molar-refractivity contribution in [3.8, 4) is 5.75 Å². The molecule has 1 aromatic carbocycles. The predicted molar refractivity (Wildman–Crippen MR) is 112 cm³/mol. The molecule has 0 spiro atoms. The van der Waals surface area contributed by atoms with Gasteiger partial charge >= 0.3 is 0 Å². The summed E-state index contributed by atoms with van der Waals surface area (Å²) in [6.45, 7) is 5.44. The van der Waals surface area contributed by atoms with Gasteiger partial charge in [-0.1, -0.05) is 12.1 Å². The van der Waals surface area contributed by atoms with Gasteiger partial charge in [-0.2, -0.15) is 0 Å². The van der Waals surface area contributed by atoms with Gasteiger partial charge < -0.3 is 14.9 Å². The summed E-state index contributed by atoms with van der Waals surface area (Å²) in [6, 6.07) is 7.37. The molecule has 1 N–H and O–H groups in total. The summed E-state index contributed by atoms with van der Waals surface area (Å²) in [6.07, 6.45) is 6.80. The molecule has 0 radical (unpaired) electrons. The molecule has 0 bridgehead atoms. The van der Waals surface area contributed by atoms with Crippen LogP contribution < -0.4 is 0 Å². The molecule has 1 atom stereocenters. The molecule has 3 aliphatic heterocycles. The van der Waals surface area contributed by atoms with Gasteiger partial charge in [0.05, 0.1) is 12.3 Å². The molecule has 0 saturated carbocycles. The fourth-order valence-corrected chi connectivity index (χ4v) is 5.12. The third-order valence-electron chi connectivity index (χ3n) is 6.85. The van der Waals surface area contributed by atoms with E-state index in [1.165, 1.54) is 0 Å². The van der Waals surface area contributed by atoms with Gasteiger partial charge in [0.1, 0.15) is 5.75 Å². The lowest BCUT2D eigenvalue weighted by Gasteiger charge is -2.42. The monoisotopic (exact) mass is 399 g/mol. The second kappa shape index (κ2) is 9.16. The number of hydrogen-bond acceptors (Lipinski definition) is 4. The van der Waals surface area contributed by atoms with E-state index in [0.717, 1.165) is 83.4 Å². The van der Waals surface area contributed by atoms with Crippen LogP contribution >= 0.6 is 0 Å². The zero-order valence-corrected chi connectivity index (χ0v) is 17.3. The summed E-state index contributed by atoms with van der Waals surface area (Å²) in [5, 5.41) is 9.38. The van der Waals surface area contributed by atoms with Gasteiger partial charge in [0.15, 0.2) is 0 Å². The van der Waals surface area contributed by atoms with E-state index in [2.05, 4.69) is 9.80 Å². The average molecular weight is 400 g/mol. The van der Waals surface area contributed by atoms with Crippen LogP contribution in [-0.4, -0.2) is 76.9 Å². The molecular weight excluding hydrogens is 366 g/mol. The number of phenolic OH excluding ortho intramolecular Hbond substituents is 1. The molecule has 0 aromatic heterocycles. The fourth-order valence-electron chi connectivity index (χ4n) is 5.12. The Labute approximate surface area is 173 Å². The van der Waals surface area contributed by atoms with Crippen molar-refractivity contribution in [3.05, 3.63) is 29.8 Å². The van der Waals surface area contributed by atoms with Gasteiger partial charge in [-0.15, -0.1) is 0 Å². The second-order valence-electron chi connectivity index (χ2n) is 8.82. The van der Waals surface area contributed by atoms with E-state index in [0.29, 0.717) is 18.4 Å². The highest BCUT2D eigenvalue weighted by Crippen LogP contribution is 2.26. The van der Waals surface area contributed by atoms with E-state index in [9.17, 15) is 14.7 Å². The van der Waals surface area contributed by atoms with E-state index < -0.39 is 0 Å². The normalized spacial score (nSPS) is 24.1. The molecule has 29 heavy (non-hydrogen) atoms. The summed E-state index contributed by atoms with van der Waals surface area (Å²) >= 11 is 0. The first-order valence-corrected chi connectivity index (χ1v) is 11.2. The summed E-state index contributed by atoms with van der Waals surface area (Å²) in [5.41, 5.74) is 0.939. The quantitative estimate of drug-likeness (QED) is 0.844. The minimum Gasteiger partial charge on any atom is -0.508 e. The lowest BCUT2D eigenvalue weighted by Crippen LogP contribution is -2.52. The van der Waals surface area contributed by atoms with Crippen LogP contribution in [0.25, 0.3) is 0 Å². The molecule has 6 heteroatoms. The topological polar surface area (TPSA) is 64.1 Å². The first-order chi connectivity index (χ1) is 14.1. The highest BCUT2D eigenvalue weighted by Gasteiger charge is 2.34. The standard InChI is InChI=1S/C23H33N3O3/c27-21-7-5-18(6-8-21)16-22(28)24-14-9-20(10-15-24)26-13-3-4-19(17-26)23(29)25-11-1-2-12-25/h5-8,19-20,27H,1-4,9-17H2/t19-/m0/s1. The molecule has 3 saturated heterocycles. The lowest BCUT2D eigenvalue weighted by molar-refractivity contribution is -0.136. The van der Waals surface area contributed by atoms with E-state index >= 15 is 0 Å². The van der Waals surface area contributed by atoms with Crippen LogP contribution in [-0.2, 0) is 16.0 Å². The van der Waals surface area contributed by atoms with Crippen LogP contribution in [0, 0.1) is 5.92 Å². The second-order valence-corrected chi connectivity index (χ2v) is 8.82. The van der Waals surface area contributed by atoms with Gasteiger partial charge in [0.2, 0.25) is 11.8 Å². The third-order valence-corrected chi connectivity index (χ3v) is 6.85. The number of hydrogen-bond donors (Lipinski definition) is 1. The van der Waals surface area contributed by atoms with Crippen molar-refractivity contribution < 1.29 is 14.7 Å². The maximum atomic E-state index is 12.8. The molecule has 0 unspecified atom stereocenters. The summed E-state index contributed by atoms with van der Waals surface area (Å²) in [5.74, 6) is 0.921. The number of carbonyl (C=O) groups excluding carboxylic acids is 2. The van der Waals surface area contributed by atoms with E-state index in [-0.39, 0.29) is 17.6 Å². The Hall–Kier alpha value is -2.08. The smallest absolute Gasteiger partial charge is 0.226 e. The Kier molecular flexibility index (Phi) is 6.38. The van der Waals surface area contributed by atoms with Crippen molar-refractivity contribution in [2.75, 3.05) is 39.3 Å². The first kappa shape index (κ1) is 20.2. The first-order valence-electron chi connectivity index (χ1n) is 11.2. The molecule has 0 aliphatic carbocycles. The van der Waals surface area contributed by atoms with Gasteiger partial charge in [0, 0.05) is 38.8 Å². The highest BCUT2D eigenvalue weighted by atomic mass is 16.3. The molecule has 6 nitrogen and oxygen atoms in total. The van der Waals surface area contributed by atoms with Gasteiger partial charge in [0.25, 0.3) is 0 Å². The SMILES string of the molecule is O=C(Cc1ccc(O)cc1)N1CCC(N2CCC[C@H](C(=O)N3CCCC3)C2)CC1. The minimum atomic E-state index is 0.162. The van der Waals surface area contributed by atoms with Crippen LogP contribution in [0.1, 0.15) is 44.1 Å². The fraction of sp³-hybridized carbons (Fsp3) is 0.652. The van der Waals surface area contributed by atoms with Crippen molar-refractivity contribution >= 4 is 11.8 Å². The van der Waals surface area contributed by atoms with Crippen LogP contribution in [0.5, 0.6) is 5.75 Å². The zero-order chi connectivity index (χ0) is 20.2. The van der Waals surface area contributed by atoms with Crippen molar-refractivity contribution in [1.82, 2.24) is 14.7 Å². The number of likely N-dealkylation sites (tertiary alicyclic amines) is 3. The van der Waals surface area contributed by atoms with Crippen LogP contribution in [0.15, 0.2) is 24.3 Å². The Bertz CT molecular complexity index is 707. The molecular formula is C23H33N3O3. The molecule has 3 heterocycles. The van der Waals surface area contributed by atoms with E-state index in [1.54, 1.807) is 12.1 Å². The number of aromatic hydroxyl groups is 1. The molecule has 3 aliphatic rings. The number of amides is 2. The van der Waals surface area contributed by atoms with Crippen molar-refractivity contribution in [2.45, 2.75) is 51.0 Å². The van der Waals surface area contributed by atoms with Crippen molar-refractivity contribution in [1.29, 1.82) is 0 Å². The highest BCUT2D eigenvalue weighted by molar-refractivity contribution is 5.79. The Balaban J connectivity index is 1.26. The molecule has 2 amide bonds. The lowest BCUT2D eigenvalue weighted by atomic mass is 9.92. The van der Waals surface area contributed by atoms with Crippen LogP contribution in [0.2, 0.25) is 0 Å². The zero-order valence-electron chi connectivity index (χ0n) is 17.3. The average Bonchev–Trinajstić information content (AvgIpc) is 3.30. The van der Waals surface area contributed by atoms with E-state index in [4.69, 9.17) is 0 Å². The molecule has 3 fully saturated rings. The summed E-state index contributed by atoms with van der Waals surface area (Å²) in [4.78, 5) is 32.0. The van der Waals surface area contributed by atoms with Gasteiger partial charge in [-0.05, 0) is 62.8 Å². The number of piperidine rings is 2. The van der Waals surface area contributed by atoms with Crippen LogP contribution in [0.3, 0.4) is 0 Å². The number of nitrogens with zero attached hydrogens (tertiary/aromatic N) is 3. The maximum Gasteiger partial charge on any atom is 0.226 e. The van der Waals surface area contributed by atoms with E-state index in [1.807, 2.05) is 17.0 Å². The molecule has 1 aromatic rings. The van der Waals surface area contributed by atoms with Gasteiger partial charge in [-0.3, -0.25) is 14.5 Å². The Morgan fingerprint density at radius 2 is 1.55 bits per heavy atom. The Morgan fingerprint density at radius 3 is 2.24 bits per heavy atom. The number of carbonyl (C=O) groups is 2.